The summed E-state index contributed by atoms with van der Waals surface area (Å²) in [5, 5.41) is 12.5. The highest BCUT2D eigenvalue weighted by atomic mass is 16.5. The lowest BCUT2D eigenvalue weighted by molar-refractivity contribution is 0.0677. The molecule has 25 heavy (non-hydrogen) atoms. The van der Waals surface area contributed by atoms with E-state index in [0.29, 0.717) is 30.9 Å². The number of carbonyl (C=O) groups excluding carboxylic acids is 1. The van der Waals surface area contributed by atoms with Crippen molar-refractivity contribution in [3.8, 4) is 0 Å². The number of aromatic nitrogens is 4. The molecule has 2 N–H and O–H groups in total. The molecule has 1 fully saturated rings. The van der Waals surface area contributed by atoms with Crippen molar-refractivity contribution in [2.75, 3.05) is 19.4 Å². The molecule has 2 aromatic heterocycles. The number of nitrogens with zero attached hydrogens (tertiary/aromatic N) is 5. The molecule has 2 aromatic rings. The van der Waals surface area contributed by atoms with E-state index in [-0.39, 0.29) is 18.1 Å². The summed E-state index contributed by atoms with van der Waals surface area (Å²) in [6.07, 6.45) is 3.27. The average molecular weight is 344 g/mol. The van der Waals surface area contributed by atoms with E-state index < -0.39 is 0 Å². The molecule has 3 heterocycles. The summed E-state index contributed by atoms with van der Waals surface area (Å²) in [7, 11) is 1.68. The first kappa shape index (κ1) is 17.3. The Morgan fingerprint density at radius 3 is 2.88 bits per heavy atom. The highest BCUT2D eigenvalue weighted by molar-refractivity contribution is 5.95. The number of methoxy groups -OCH3 is 1. The topological polar surface area (TPSA) is 99.2 Å². The van der Waals surface area contributed by atoms with Crippen LogP contribution in [0, 0.1) is 6.92 Å². The van der Waals surface area contributed by atoms with Crippen molar-refractivity contribution in [1.29, 1.82) is 0 Å². The van der Waals surface area contributed by atoms with Gasteiger partial charge in [0.05, 0.1) is 35.6 Å². The second-order valence-corrected chi connectivity index (χ2v) is 6.37. The Balaban J connectivity index is 1.86. The summed E-state index contributed by atoms with van der Waals surface area (Å²) in [6.45, 7) is 4.96. The Labute approximate surface area is 147 Å². The first-order valence-electron chi connectivity index (χ1n) is 8.47. The molecule has 1 aliphatic heterocycles. The maximum Gasteiger partial charge on any atom is 0.256 e. The lowest BCUT2D eigenvalue weighted by Gasteiger charge is -2.25. The number of anilines is 1. The maximum atomic E-state index is 13.2. The molecule has 0 aliphatic carbocycles. The van der Waals surface area contributed by atoms with Gasteiger partial charge < -0.3 is 15.4 Å². The van der Waals surface area contributed by atoms with Gasteiger partial charge in [0.25, 0.3) is 5.91 Å². The van der Waals surface area contributed by atoms with Crippen LogP contribution in [0.15, 0.2) is 18.3 Å². The van der Waals surface area contributed by atoms with Crippen molar-refractivity contribution in [3.63, 3.8) is 0 Å². The molecule has 2 atom stereocenters. The SMILES string of the molecule is CCc1nnc(C)cc1C(=O)N1C[C@@H](OC)C[C@H]1Cn1ccc(N)n1. The fourth-order valence-corrected chi connectivity index (χ4v) is 3.28. The third kappa shape index (κ3) is 3.63. The number of carbonyl (C=O) groups is 1. The Morgan fingerprint density at radius 2 is 2.24 bits per heavy atom. The van der Waals surface area contributed by atoms with E-state index in [1.807, 2.05) is 31.0 Å². The highest BCUT2D eigenvalue weighted by Crippen LogP contribution is 2.25. The third-order valence-electron chi connectivity index (χ3n) is 4.59. The van der Waals surface area contributed by atoms with Crippen LogP contribution >= 0.6 is 0 Å². The summed E-state index contributed by atoms with van der Waals surface area (Å²) >= 11 is 0. The number of nitrogens with two attached hydrogens (primary N) is 1. The molecule has 1 amide bonds. The number of aryl methyl sites for hydroxylation is 2. The second-order valence-electron chi connectivity index (χ2n) is 6.37. The molecule has 0 saturated carbocycles. The summed E-state index contributed by atoms with van der Waals surface area (Å²) in [6, 6.07) is 3.56. The number of rotatable bonds is 5. The van der Waals surface area contributed by atoms with Crippen LogP contribution < -0.4 is 5.73 Å². The zero-order valence-corrected chi connectivity index (χ0v) is 14.8. The average Bonchev–Trinajstić information content (AvgIpc) is 3.20. The molecule has 3 rings (SSSR count). The van der Waals surface area contributed by atoms with Crippen molar-refractivity contribution >= 4 is 11.7 Å². The lowest BCUT2D eigenvalue weighted by atomic mass is 10.1. The lowest BCUT2D eigenvalue weighted by Crippen LogP contribution is -2.39. The van der Waals surface area contributed by atoms with Gasteiger partial charge >= 0.3 is 0 Å². The normalized spacial score (nSPS) is 20.2. The van der Waals surface area contributed by atoms with Crippen LogP contribution in [0.3, 0.4) is 0 Å². The number of likely N-dealkylation sites (tertiary alicyclic amines) is 1. The minimum Gasteiger partial charge on any atom is -0.382 e. The van der Waals surface area contributed by atoms with E-state index in [2.05, 4.69) is 15.3 Å². The maximum absolute atomic E-state index is 13.2. The summed E-state index contributed by atoms with van der Waals surface area (Å²) in [4.78, 5) is 15.1. The molecule has 134 valence electrons. The monoisotopic (exact) mass is 344 g/mol. The highest BCUT2D eigenvalue weighted by Gasteiger charge is 2.37. The van der Waals surface area contributed by atoms with Gasteiger partial charge in [0, 0.05) is 19.9 Å². The standard InChI is InChI=1S/C17H24N6O2/c1-4-15-14(7-11(2)19-20-15)17(24)23-10-13(25-3)8-12(23)9-22-6-5-16(18)21-22/h5-7,12-13H,4,8-10H2,1-3H3,(H2,18,21)/t12-,13-/m0/s1. The predicted octanol–water partition coefficient (Wildman–Crippen LogP) is 1.06. The van der Waals surface area contributed by atoms with Crippen LogP contribution in [0.5, 0.6) is 0 Å². The number of amides is 1. The van der Waals surface area contributed by atoms with Crippen molar-refractivity contribution in [2.45, 2.75) is 45.4 Å². The quantitative estimate of drug-likeness (QED) is 0.870. The molecule has 8 heteroatoms. The molecule has 0 bridgehead atoms. The van der Waals surface area contributed by atoms with E-state index in [9.17, 15) is 4.79 Å². The molecule has 1 saturated heterocycles. The van der Waals surface area contributed by atoms with Crippen LogP contribution in [0.2, 0.25) is 0 Å². The van der Waals surface area contributed by atoms with Crippen molar-refractivity contribution < 1.29 is 9.53 Å². The predicted molar refractivity (Wildman–Crippen MR) is 93.0 cm³/mol. The molecule has 1 aliphatic rings. The van der Waals surface area contributed by atoms with Crippen LogP contribution in [0.1, 0.15) is 35.1 Å². The first-order chi connectivity index (χ1) is 12.0. The largest absolute Gasteiger partial charge is 0.382 e. The minimum atomic E-state index is -0.0282. The fourth-order valence-electron chi connectivity index (χ4n) is 3.28. The molecule has 0 radical (unpaired) electrons. The van der Waals surface area contributed by atoms with Crippen LogP contribution in [-0.2, 0) is 17.7 Å². The Bertz CT molecular complexity index is 759. The van der Waals surface area contributed by atoms with Gasteiger partial charge in [0.15, 0.2) is 0 Å². The van der Waals surface area contributed by atoms with E-state index in [0.717, 1.165) is 17.8 Å². The smallest absolute Gasteiger partial charge is 0.256 e. The van der Waals surface area contributed by atoms with Crippen LogP contribution in [0.25, 0.3) is 0 Å². The molecule has 0 spiro atoms. The van der Waals surface area contributed by atoms with Gasteiger partial charge in [0.1, 0.15) is 5.82 Å². The number of ether oxygens (including phenoxy) is 1. The zero-order valence-electron chi connectivity index (χ0n) is 14.8. The molecule has 0 aromatic carbocycles. The van der Waals surface area contributed by atoms with E-state index in [1.165, 1.54) is 0 Å². The summed E-state index contributed by atoms with van der Waals surface area (Å²) in [5.41, 5.74) is 7.77. The van der Waals surface area contributed by atoms with E-state index in [4.69, 9.17) is 10.5 Å². The van der Waals surface area contributed by atoms with E-state index >= 15 is 0 Å². The Kier molecular flexibility index (Phi) is 4.98. The van der Waals surface area contributed by atoms with Crippen LogP contribution in [-0.4, -0.2) is 56.6 Å². The van der Waals surface area contributed by atoms with Gasteiger partial charge in [-0.3, -0.25) is 9.48 Å². The van der Waals surface area contributed by atoms with Crippen molar-refractivity contribution in [2.24, 2.45) is 0 Å². The van der Waals surface area contributed by atoms with Gasteiger partial charge in [-0.15, -0.1) is 0 Å². The van der Waals surface area contributed by atoms with Crippen molar-refractivity contribution in [3.05, 3.63) is 35.3 Å². The zero-order chi connectivity index (χ0) is 18.0. The Hall–Kier alpha value is -2.48. The van der Waals surface area contributed by atoms with Gasteiger partial charge in [-0.25, -0.2) is 0 Å². The van der Waals surface area contributed by atoms with Crippen molar-refractivity contribution in [1.82, 2.24) is 24.9 Å². The molecular weight excluding hydrogens is 320 g/mol. The van der Waals surface area contributed by atoms with Crippen LogP contribution in [0.4, 0.5) is 5.82 Å². The van der Waals surface area contributed by atoms with Gasteiger partial charge in [0.2, 0.25) is 0 Å². The first-order valence-corrected chi connectivity index (χ1v) is 8.47. The Morgan fingerprint density at radius 1 is 1.44 bits per heavy atom. The number of hydrogen-bond acceptors (Lipinski definition) is 6. The minimum absolute atomic E-state index is 0.00470. The third-order valence-corrected chi connectivity index (χ3v) is 4.59. The number of nitrogen functional groups attached to an aromatic ring is 1. The summed E-state index contributed by atoms with van der Waals surface area (Å²) in [5.74, 6) is 0.445. The summed E-state index contributed by atoms with van der Waals surface area (Å²) < 4.78 is 7.28. The fraction of sp³-hybridized carbons (Fsp3) is 0.529. The van der Waals surface area contributed by atoms with Gasteiger partial charge in [-0.2, -0.15) is 15.3 Å². The molecular formula is C17H24N6O2. The van der Waals surface area contributed by atoms with Gasteiger partial charge in [-0.1, -0.05) is 6.92 Å². The second kappa shape index (κ2) is 7.18. The number of hydrogen-bond donors (Lipinski definition) is 1. The molecule has 0 unspecified atom stereocenters. The molecule has 8 nitrogen and oxygen atoms in total. The van der Waals surface area contributed by atoms with E-state index in [1.54, 1.807) is 17.9 Å². The van der Waals surface area contributed by atoms with Gasteiger partial charge in [-0.05, 0) is 31.9 Å².